The van der Waals surface area contributed by atoms with Gasteiger partial charge in [-0.15, -0.1) is 0 Å². The minimum Gasteiger partial charge on any atom is -0.308 e. The molecule has 0 fully saturated rings. The number of carbonyl (C=O) groups excluding carboxylic acids is 2. The van der Waals surface area contributed by atoms with Gasteiger partial charge in [-0.1, -0.05) is 6.07 Å². The van der Waals surface area contributed by atoms with E-state index in [1.165, 1.54) is 0 Å². The van der Waals surface area contributed by atoms with Crippen LogP contribution in [-0.2, 0) is 0 Å². The van der Waals surface area contributed by atoms with Crippen LogP contribution in [0.15, 0.2) is 42.5 Å². The molecule has 0 bridgehead atoms. The van der Waals surface area contributed by atoms with Gasteiger partial charge >= 0.3 is 6.03 Å². The summed E-state index contributed by atoms with van der Waals surface area (Å²) in [6.07, 6.45) is 0. The van der Waals surface area contributed by atoms with Crippen molar-refractivity contribution in [1.29, 1.82) is 0 Å². The highest BCUT2D eigenvalue weighted by molar-refractivity contribution is 14.1. The van der Waals surface area contributed by atoms with Gasteiger partial charge in [-0.3, -0.25) is 10.1 Å². The minimum atomic E-state index is -1.14. The average molecular weight is 402 g/mol. The lowest BCUT2D eigenvalue weighted by atomic mass is 10.2. The molecule has 3 amide bonds. The topological polar surface area (TPSA) is 58.2 Å². The zero-order valence-corrected chi connectivity index (χ0v) is 12.6. The van der Waals surface area contributed by atoms with E-state index < -0.39 is 29.1 Å². The molecule has 21 heavy (non-hydrogen) atoms. The molecule has 0 unspecified atom stereocenters. The Labute approximate surface area is 132 Å². The maximum Gasteiger partial charge on any atom is 0.326 e. The summed E-state index contributed by atoms with van der Waals surface area (Å²) in [5, 5.41) is 4.26. The van der Waals surface area contributed by atoms with Crippen molar-refractivity contribution < 1.29 is 18.4 Å². The summed E-state index contributed by atoms with van der Waals surface area (Å²) < 4.78 is 27.8. The first kappa shape index (κ1) is 15.4. The van der Waals surface area contributed by atoms with Crippen LogP contribution in [0.1, 0.15) is 10.4 Å². The van der Waals surface area contributed by atoms with Gasteiger partial charge in [0.2, 0.25) is 0 Å². The van der Waals surface area contributed by atoms with Gasteiger partial charge < -0.3 is 5.32 Å². The van der Waals surface area contributed by atoms with E-state index in [0.717, 1.165) is 21.8 Å². The minimum absolute atomic E-state index is 0.453. The Morgan fingerprint density at radius 1 is 0.952 bits per heavy atom. The summed E-state index contributed by atoms with van der Waals surface area (Å²) in [4.78, 5) is 23.3. The van der Waals surface area contributed by atoms with E-state index in [1.54, 1.807) is 24.3 Å². The van der Waals surface area contributed by atoms with Crippen LogP contribution in [0.4, 0.5) is 19.3 Å². The van der Waals surface area contributed by atoms with E-state index in [4.69, 9.17) is 0 Å². The summed E-state index contributed by atoms with van der Waals surface area (Å²) in [6.45, 7) is 0. The third-order valence-electron chi connectivity index (χ3n) is 2.52. The van der Waals surface area contributed by atoms with Crippen LogP contribution in [-0.4, -0.2) is 11.9 Å². The van der Waals surface area contributed by atoms with Crippen molar-refractivity contribution in [1.82, 2.24) is 5.32 Å². The van der Waals surface area contributed by atoms with Gasteiger partial charge in [-0.2, -0.15) is 0 Å². The van der Waals surface area contributed by atoms with E-state index in [9.17, 15) is 18.4 Å². The van der Waals surface area contributed by atoms with Gasteiger partial charge in [0.05, 0.1) is 0 Å². The summed E-state index contributed by atoms with van der Waals surface area (Å²) >= 11 is 2.10. The molecule has 0 radical (unpaired) electrons. The number of hydrogen-bond acceptors (Lipinski definition) is 2. The lowest BCUT2D eigenvalue weighted by molar-refractivity contribution is 0.0959. The number of benzene rings is 2. The fourth-order valence-electron chi connectivity index (χ4n) is 1.58. The number of hydrogen-bond donors (Lipinski definition) is 2. The summed E-state index contributed by atoms with van der Waals surface area (Å²) in [5.41, 5.74) is -0.343. The van der Waals surface area contributed by atoms with Crippen LogP contribution in [0.25, 0.3) is 0 Å². The molecule has 108 valence electrons. The maximum atomic E-state index is 13.4. The standard InChI is InChI=1S/C14H9F2IN2O2/c15-10-2-1-3-11(16)12(10)13(20)19-14(21)18-9-6-4-8(17)5-7-9/h1-7H,(H2,18,19,20,21). The predicted octanol–water partition coefficient (Wildman–Crippen LogP) is 3.53. The van der Waals surface area contributed by atoms with E-state index in [2.05, 4.69) is 27.9 Å². The monoisotopic (exact) mass is 402 g/mol. The third kappa shape index (κ3) is 3.97. The molecule has 0 heterocycles. The zero-order valence-electron chi connectivity index (χ0n) is 10.5. The molecule has 0 saturated heterocycles. The van der Waals surface area contributed by atoms with Gasteiger partial charge in [0.1, 0.15) is 17.2 Å². The summed E-state index contributed by atoms with van der Waals surface area (Å²) in [6, 6.07) is 8.93. The smallest absolute Gasteiger partial charge is 0.308 e. The second kappa shape index (κ2) is 6.61. The second-order valence-electron chi connectivity index (χ2n) is 4.01. The molecule has 2 aromatic rings. The summed E-state index contributed by atoms with van der Waals surface area (Å²) in [5.74, 6) is -3.21. The Morgan fingerprint density at radius 3 is 2.10 bits per heavy atom. The van der Waals surface area contributed by atoms with E-state index in [-0.39, 0.29) is 0 Å². The Kier molecular flexibility index (Phi) is 4.84. The molecular formula is C14H9F2IN2O2. The van der Waals surface area contributed by atoms with Gasteiger partial charge in [0.25, 0.3) is 5.91 Å². The van der Waals surface area contributed by atoms with E-state index in [1.807, 2.05) is 5.32 Å². The largest absolute Gasteiger partial charge is 0.326 e. The fourth-order valence-corrected chi connectivity index (χ4v) is 1.94. The van der Waals surface area contributed by atoms with Gasteiger partial charge in [0.15, 0.2) is 0 Å². The Bertz CT molecular complexity index is 670. The molecule has 0 atom stereocenters. The van der Waals surface area contributed by atoms with Crippen LogP contribution < -0.4 is 10.6 Å². The number of amides is 3. The van der Waals surface area contributed by atoms with Crippen molar-refractivity contribution in [2.75, 3.05) is 5.32 Å². The van der Waals surface area contributed by atoms with Crippen molar-refractivity contribution in [3.63, 3.8) is 0 Å². The molecule has 0 aromatic heterocycles. The average Bonchev–Trinajstić information content (AvgIpc) is 2.41. The van der Waals surface area contributed by atoms with Crippen molar-refractivity contribution >= 4 is 40.2 Å². The maximum absolute atomic E-state index is 13.4. The van der Waals surface area contributed by atoms with Crippen LogP contribution in [0, 0.1) is 15.2 Å². The fraction of sp³-hybridized carbons (Fsp3) is 0. The van der Waals surface area contributed by atoms with Crippen molar-refractivity contribution in [3.05, 3.63) is 63.2 Å². The molecular weight excluding hydrogens is 393 g/mol. The Balaban J connectivity index is 2.06. The number of halogens is 3. The molecule has 4 nitrogen and oxygen atoms in total. The first-order valence-corrected chi connectivity index (χ1v) is 6.87. The molecule has 0 saturated carbocycles. The van der Waals surface area contributed by atoms with E-state index in [0.29, 0.717) is 5.69 Å². The zero-order chi connectivity index (χ0) is 15.4. The van der Waals surface area contributed by atoms with Crippen LogP contribution >= 0.6 is 22.6 Å². The quantitative estimate of drug-likeness (QED) is 0.756. The number of rotatable bonds is 2. The normalized spacial score (nSPS) is 10.0. The molecule has 0 aliphatic rings. The lowest BCUT2D eigenvalue weighted by Gasteiger charge is -2.08. The number of anilines is 1. The van der Waals surface area contributed by atoms with Crippen LogP contribution in [0.3, 0.4) is 0 Å². The summed E-state index contributed by atoms with van der Waals surface area (Å²) in [7, 11) is 0. The second-order valence-corrected chi connectivity index (χ2v) is 5.26. The van der Waals surface area contributed by atoms with Crippen LogP contribution in [0.5, 0.6) is 0 Å². The third-order valence-corrected chi connectivity index (χ3v) is 3.24. The number of urea groups is 1. The number of nitrogens with one attached hydrogen (secondary N) is 2. The highest BCUT2D eigenvalue weighted by Gasteiger charge is 2.19. The van der Waals surface area contributed by atoms with E-state index >= 15 is 0 Å². The van der Waals surface area contributed by atoms with Gasteiger partial charge in [-0.05, 0) is 59.0 Å². The Hall–Kier alpha value is -2.03. The van der Waals surface area contributed by atoms with Crippen molar-refractivity contribution in [3.8, 4) is 0 Å². The molecule has 2 aromatic carbocycles. The van der Waals surface area contributed by atoms with Crippen molar-refractivity contribution in [2.24, 2.45) is 0 Å². The molecule has 0 aliphatic carbocycles. The van der Waals surface area contributed by atoms with Gasteiger partial charge in [-0.25, -0.2) is 13.6 Å². The number of imide groups is 1. The SMILES string of the molecule is O=C(NC(=O)c1c(F)cccc1F)Nc1ccc(I)cc1. The molecule has 2 N–H and O–H groups in total. The Morgan fingerprint density at radius 2 is 1.52 bits per heavy atom. The first-order chi connectivity index (χ1) is 9.97. The highest BCUT2D eigenvalue weighted by atomic mass is 127. The molecule has 0 spiro atoms. The number of carbonyl (C=O) groups is 2. The van der Waals surface area contributed by atoms with Gasteiger partial charge in [0, 0.05) is 9.26 Å². The predicted molar refractivity (Wildman–Crippen MR) is 82.0 cm³/mol. The first-order valence-electron chi connectivity index (χ1n) is 5.79. The van der Waals surface area contributed by atoms with Crippen molar-refractivity contribution in [2.45, 2.75) is 0 Å². The molecule has 0 aliphatic heterocycles. The van der Waals surface area contributed by atoms with Crippen LogP contribution in [0.2, 0.25) is 0 Å². The lowest BCUT2D eigenvalue weighted by Crippen LogP contribution is -2.35. The molecule has 7 heteroatoms. The molecule has 2 rings (SSSR count). The highest BCUT2D eigenvalue weighted by Crippen LogP contribution is 2.13.